The van der Waals surface area contributed by atoms with Crippen molar-refractivity contribution < 1.29 is 14.7 Å². The van der Waals surface area contributed by atoms with Gasteiger partial charge in [-0.05, 0) is 18.2 Å². The first-order valence-corrected chi connectivity index (χ1v) is 5.52. The Morgan fingerprint density at radius 1 is 1.50 bits per heavy atom. The lowest BCUT2D eigenvalue weighted by atomic mass is 10.1. The van der Waals surface area contributed by atoms with E-state index in [4.69, 9.17) is 5.11 Å². The lowest BCUT2D eigenvalue weighted by Gasteiger charge is -2.08. The van der Waals surface area contributed by atoms with Gasteiger partial charge in [-0.2, -0.15) is 5.10 Å². The van der Waals surface area contributed by atoms with Crippen LogP contribution in [0.3, 0.4) is 0 Å². The number of fused-ring (bicyclic) bond motifs is 1. The summed E-state index contributed by atoms with van der Waals surface area (Å²) >= 11 is 0. The van der Waals surface area contributed by atoms with Crippen LogP contribution in [-0.2, 0) is 4.79 Å². The Kier molecular flexibility index (Phi) is 3.27. The van der Waals surface area contributed by atoms with Gasteiger partial charge in [-0.1, -0.05) is 6.92 Å². The van der Waals surface area contributed by atoms with Crippen molar-refractivity contribution in [3.05, 3.63) is 30.0 Å². The molecule has 1 aromatic heterocycles. The molecule has 0 radical (unpaired) electrons. The topological polar surface area (TPSA) is 95.1 Å². The number of hydrogen-bond acceptors (Lipinski definition) is 3. The first-order valence-electron chi connectivity index (χ1n) is 5.52. The van der Waals surface area contributed by atoms with Gasteiger partial charge in [-0.3, -0.25) is 14.7 Å². The monoisotopic (exact) mass is 247 g/mol. The Labute approximate surface area is 103 Å². The SMILES string of the molecule is CC(CNC(=O)c1ccc2[nH]ncc2c1)C(=O)O. The molecule has 94 valence electrons. The number of rotatable bonds is 4. The highest BCUT2D eigenvalue weighted by molar-refractivity contribution is 5.97. The van der Waals surface area contributed by atoms with Crippen LogP contribution in [0, 0.1) is 5.92 Å². The van der Waals surface area contributed by atoms with E-state index >= 15 is 0 Å². The van der Waals surface area contributed by atoms with Crippen molar-refractivity contribution in [2.75, 3.05) is 6.54 Å². The quantitative estimate of drug-likeness (QED) is 0.751. The smallest absolute Gasteiger partial charge is 0.308 e. The Morgan fingerprint density at radius 2 is 2.28 bits per heavy atom. The first kappa shape index (κ1) is 12.1. The van der Waals surface area contributed by atoms with Crippen molar-refractivity contribution >= 4 is 22.8 Å². The summed E-state index contributed by atoms with van der Waals surface area (Å²) in [6.07, 6.45) is 1.63. The number of aromatic nitrogens is 2. The van der Waals surface area contributed by atoms with Crippen molar-refractivity contribution in [1.29, 1.82) is 0 Å². The lowest BCUT2D eigenvalue weighted by Crippen LogP contribution is -2.31. The predicted molar refractivity (Wildman–Crippen MR) is 65.2 cm³/mol. The van der Waals surface area contributed by atoms with Crippen LogP contribution in [-0.4, -0.2) is 33.7 Å². The molecule has 0 fully saturated rings. The second kappa shape index (κ2) is 4.87. The van der Waals surface area contributed by atoms with E-state index in [1.54, 1.807) is 31.3 Å². The minimum atomic E-state index is -0.930. The van der Waals surface area contributed by atoms with E-state index in [9.17, 15) is 9.59 Å². The number of hydrogen-bond donors (Lipinski definition) is 3. The number of benzene rings is 1. The van der Waals surface area contributed by atoms with Crippen LogP contribution >= 0.6 is 0 Å². The van der Waals surface area contributed by atoms with E-state index in [-0.39, 0.29) is 12.5 Å². The molecule has 0 saturated heterocycles. The van der Waals surface area contributed by atoms with Crippen LogP contribution in [0.1, 0.15) is 17.3 Å². The Bertz CT molecular complexity index is 591. The molecule has 0 aliphatic carbocycles. The fourth-order valence-corrected chi connectivity index (χ4v) is 1.52. The van der Waals surface area contributed by atoms with Gasteiger partial charge < -0.3 is 10.4 Å². The number of carbonyl (C=O) groups excluding carboxylic acids is 1. The predicted octanol–water partition coefficient (Wildman–Crippen LogP) is 1.01. The molecule has 1 unspecified atom stereocenters. The molecule has 1 aromatic carbocycles. The standard InChI is InChI=1S/C12H13N3O3/c1-7(12(17)18)5-13-11(16)8-2-3-10-9(4-8)6-14-15-10/h2-4,6-7H,5H2,1H3,(H,13,16)(H,14,15)(H,17,18). The molecule has 0 bridgehead atoms. The van der Waals surface area contributed by atoms with Gasteiger partial charge in [0.15, 0.2) is 0 Å². The zero-order valence-electron chi connectivity index (χ0n) is 9.80. The molecular formula is C12H13N3O3. The lowest BCUT2D eigenvalue weighted by molar-refractivity contribution is -0.140. The Balaban J connectivity index is 2.06. The average molecular weight is 247 g/mol. The van der Waals surface area contributed by atoms with Gasteiger partial charge in [0, 0.05) is 17.5 Å². The molecule has 0 aliphatic rings. The normalized spacial score (nSPS) is 12.3. The van der Waals surface area contributed by atoms with Gasteiger partial charge in [-0.25, -0.2) is 0 Å². The van der Waals surface area contributed by atoms with Crippen molar-refractivity contribution in [3.63, 3.8) is 0 Å². The third-order valence-corrected chi connectivity index (χ3v) is 2.69. The molecule has 6 nitrogen and oxygen atoms in total. The van der Waals surface area contributed by atoms with Gasteiger partial charge in [0.25, 0.3) is 5.91 Å². The van der Waals surface area contributed by atoms with Gasteiger partial charge in [-0.15, -0.1) is 0 Å². The molecular weight excluding hydrogens is 234 g/mol. The third-order valence-electron chi connectivity index (χ3n) is 2.69. The molecule has 1 amide bonds. The molecule has 6 heteroatoms. The summed E-state index contributed by atoms with van der Waals surface area (Å²) in [7, 11) is 0. The maximum absolute atomic E-state index is 11.8. The summed E-state index contributed by atoms with van der Waals surface area (Å²) in [6, 6.07) is 5.14. The summed E-state index contributed by atoms with van der Waals surface area (Å²) in [6.45, 7) is 1.65. The molecule has 2 rings (SSSR count). The van der Waals surface area contributed by atoms with Crippen LogP contribution in [0.2, 0.25) is 0 Å². The number of nitrogens with zero attached hydrogens (tertiary/aromatic N) is 1. The van der Waals surface area contributed by atoms with Crippen molar-refractivity contribution in [3.8, 4) is 0 Å². The van der Waals surface area contributed by atoms with E-state index in [0.717, 1.165) is 10.9 Å². The van der Waals surface area contributed by atoms with E-state index in [1.807, 2.05) is 0 Å². The summed E-state index contributed by atoms with van der Waals surface area (Å²) < 4.78 is 0. The van der Waals surface area contributed by atoms with Crippen molar-refractivity contribution in [2.24, 2.45) is 5.92 Å². The molecule has 0 saturated carbocycles. The zero-order chi connectivity index (χ0) is 13.1. The van der Waals surface area contributed by atoms with E-state index in [2.05, 4.69) is 15.5 Å². The molecule has 2 aromatic rings. The molecule has 1 atom stereocenters. The zero-order valence-corrected chi connectivity index (χ0v) is 9.80. The number of amides is 1. The van der Waals surface area contributed by atoms with Gasteiger partial charge >= 0.3 is 5.97 Å². The van der Waals surface area contributed by atoms with Crippen LogP contribution in [0.15, 0.2) is 24.4 Å². The highest BCUT2D eigenvalue weighted by Gasteiger charge is 2.13. The number of aromatic amines is 1. The fraction of sp³-hybridized carbons (Fsp3) is 0.250. The highest BCUT2D eigenvalue weighted by atomic mass is 16.4. The van der Waals surface area contributed by atoms with Crippen LogP contribution in [0.4, 0.5) is 0 Å². The van der Waals surface area contributed by atoms with Crippen LogP contribution in [0.5, 0.6) is 0 Å². The van der Waals surface area contributed by atoms with Gasteiger partial charge in [0.2, 0.25) is 0 Å². The van der Waals surface area contributed by atoms with Gasteiger partial charge in [0.05, 0.1) is 17.6 Å². The minimum Gasteiger partial charge on any atom is -0.481 e. The van der Waals surface area contributed by atoms with E-state index in [1.165, 1.54) is 0 Å². The molecule has 1 heterocycles. The molecule has 0 aliphatic heterocycles. The third kappa shape index (κ3) is 2.48. The number of nitrogens with one attached hydrogen (secondary N) is 2. The minimum absolute atomic E-state index is 0.109. The highest BCUT2D eigenvalue weighted by Crippen LogP contribution is 2.12. The summed E-state index contributed by atoms with van der Waals surface area (Å²) in [5, 5.41) is 18.8. The molecule has 18 heavy (non-hydrogen) atoms. The fourth-order valence-electron chi connectivity index (χ4n) is 1.52. The first-order chi connectivity index (χ1) is 8.58. The van der Waals surface area contributed by atoms with E-state index < -0.39 is 11.9 Å². The second-order valence-electron chi connectivity index (χ2n) is 4.12. The molecule has 0 spiro atoms. The van der Waals surface area contributed by atoms with Gasteiger partial charge in [0.1, 0.15) is 0 Å². The number of carbonyl (C=O) groups is 2. The number of aliphatic carboxylic acids is 1. The summed E-state index contributed by atoms with van der Waals surface area (Å²) in [5.74, 6) is -1.82. The van der Waals surface area contributed by atoms with Crippen molar-refractivity contribution in [2.45, 2.75) is 6.92 Å². The average Bonchev–Trinajstić information content (AvgIpc) is 2.82. The van der Waals surface area contributed by atoms with Crippen molar-refractivity contribution in [1.82, 2.24) is 15.5 Å². The second-order valence-corrected chi connectivity index (χ2v) is 4.12. The summed E-state index contributed by atoms with van der Waals surface area (Å²) in [5.41, 5.74) is 1.34. The number of H-pyrrole nitrogens is 1. The largest absolute Gasteiger partial charge is 0.481 e. The molecule has 3 N–H and O–H groups in total. The van der Waals surface area contributed by atoms with Crippen LogP contribution in [0.25, 0.3) is 10.9 Å². The maximum atomic E-state index is 11.8. The Hall–Kier alpha value is -2.37. The number of carboxylic acids is 1. The number of carboxylic acid groups (broad SMARTS) is 1. The van der Waals surface area contributed by atoms with E-state index in [0.29, 0.717) is 5.56 Å². The maximum Gasteiger partial charge on any atom is 0.308 e. The Morgan fingerprint density at radius 3 is 3.00 bits per heavy atom. The van der Waals surface area contributed by atoms with Crippen LogP contribution < -0.4 is 5.32 Å². The summed E-state index contributed by atoms with van der Waals surface area (Å²) in [4.78, 5) is 22.4.